The number of hydrogen-bond donors (Lipinski definition) is 0. The average molecular weight is 744 g/mol. The van der Waals surface area contributed by atoms with Crippen molar-refractivity contribution in [3.63, 3.8) is 0 Å². The summed E-state index contributed by atoms with van der Waals surface area (Å²) in [6, 6.07) is 82.4. The first-order valence-corrected chi connectivity index (χ1v) is 20.4. The fourth-order valence-corrected chi connectivity index (χ4v) is 10.6. The van der Waals surface area contributed by atoms with Crippen molar-refractivity contribution in [2.75, 3.05) is 4.90 Å². The predicted molar refractivity (Wildman–Crippen MR) is 242 cm³/mol. The van der Waals surface area contributed by atoms with E-state index >= 15 is 0 Å². The van der Waals surface area contributed by atoms with Crippen molar-refractivity contribution in [3.05, 3.63) is 247 Å². The van der Waals surface area contributed by atoms with E-state index in [9.17, 15) is 0 Å². The van der Waals surface area contributed by atoms with Crippen LogP contribution in [0.15, 0.2) is 224 Å². The first-order valence-electron chi connectivity index (χ1n) is 19.6. The smallest absolute Gasteiger partial charge is 0.0727 e. The summed E-state index contributed by atoms with van der Waals surface area (Å²) in [5, 5.41) is 2.57. The lowest BCUT2D eigenvalue weighted by atomic mass is 9.67. The van der Waals surface area contributed by atoms with Crippen LogP contribution in [0.3, 0.4) is 0 Å². The van der Waals surface area contributed by atoms with E-state index in [-0.39, 0.29) is 0 Å². The molecule has 0 bridgehead atoms. The highest BCUT2D eigenvalue weighted by atomic mass is 32.1. The lowest BCUT2D eigenvalue weighted by Crippen LogP contribution is -2.28. The van der Waals surface area contributed by atoms with Gasteiger partial charge in [-0.15, -0.1) is 11.3 Å². The normalized spacial score (nSPS) is 12.7. The second-order valence-corrected chi connectivity index (χ2v) is 15.9. The van der Waals surface area contributed by atoms with Crippen molar-refractivity contribution < 1.29 is 0 Å². The van der Waals surface area contributed by atoms with E-state index in [0.29, 0.717) is 0 Å². The molecule has 0 saturated carbocycles. The molecule has 0 fully saturated rings. The molecule has 0 spiro atoms. The quantitative estimate of drug-likeness (QED) is 0.157. The number of nitrogens with zero attached hydrogens (tertiary/aromatic N) is 1. The molecule has 0 radical (unpaired) electrons. The van der Waals surface area contributed by atoms with Gasteiger partial charge in [-0.05, 0) is 98.1 Å². The number of anilines is 3. The van der Waals surface area contributed by atoms with Crippen LogP contribution in [0, 0.1) is 0 Å². The molecule has 0 amide bonds. The topological polar surface area (TPSA) is 3.24 Å². The highest BCUT2D eigenvalue weighted by Gasteiger charge is 2.47. The summed E-state index contributed by atoms with van der Waals surface area (Å²) in [6.45, 7) is 0. The monoisotopic (exact) mass is 743 g/mol. The summed E-state index contributed by atoms with van der Waals surface area (Å²) in [4.78, 5) is 2.42. The molecule has 268 valence electrons. The third-order valence-corrected chi connectivity index (χ3v) is 12.9. The van der Waals surface area contributed by atoms with Gasteiger partial charge in [-0.25, -0.2) is 0 Å². The van der Waals surface area contributed by atoms with Crippen LogP contribution in [0.1, 0.15) is 22.3 Å². The number of fused-ring (bicyclic) bond motifs is 6. The standard InChI is InChI=1S/C55H37NS/c1-5-18-38(19-6-1)40-34-41(39-20-7-2-8-21-39)36-45(35-40)56(43-24-11-4-12-25-43)44-32-33-48-49-28-17-31-52(54(49)57-53(48)37-44)55(42-22-9-3-10-23-42)50-29-15-13-26-46(50)47-27-14-16-30-51(47)55/h1-37H. The van der Waals surface area contributed by atoms with Gasteiger partial charge in [0, 0.05) is 37.2 Å². The van der Waals surface area contributed by atoms with Crippen molar-refractivity contribution in [1.82, 2.24) is 0 Å². The molecule has 10 aromatic rings. The van der Waals surface area contributed by atoms with Crippen molar-refractivity contribution in [3.8, 4) is 33.4 Å². The van der Waals surface area contributed by atoms with Gasteiger partial charge in [0.2, 0.25) is 0 Å². The summed E-state index contributed by atoms with van der Waals surface area (Å²) in [5.74, 6) is 0. The molecule has 0 aliphatic heterocycles. The van der Waals surface area contributed by atoms with Gasteiger partial charge in [-0.1, -0.05) is 182 Å². The molecular formula is C55H37NS. The molecule has 0 atom stereocenters. The van der Waals surface area contributed by atoms with Crippen LogP contribution in [0.5, 0.6) is 0 Å². The Labute approximate surface area is 337 Å². The summed E-state index contributed by atoms with van der Waals surface area (Å²) >= 11 is 1.91. The molecule has 0 N–H and O–H groups in total. The Morgan fingerprint density at radius 1 is 0.333 bits per heavy atom. The SMILES string of the molecule is c1ccc(-c2cc(-c3ccccc3)cc(N(c3ccccc3)c3ccc4c(c3)sc3c(C5(c6ccccc6)c6ccccc6-c6ccccc65)cccc34)c2)cc1. The van der Waals surface area contributed by atoms with Gasteiger partial charge in [-0.3, -0.25) is 0 Å². The molecule has 11 rings (SSSR count). The number of hydrogen-bond acceptors (Lipinski definition) is 2. The molecule has 9 aromatic carbocycles. The number of benzene rings is 9. The second-order valence-electron chi connectivity index (χ2n) is 14.8. The molecule has 57 heavy (non-hydrogen) atoms. The van der Waals surface area contributed by atoms with Gasteiger partial charge in [0.15, 0.2) is 0 Å². The third kappa shape index (κ3) is 5.37. The highest BCUT2D eigenvalue weighted by Crippen LogP contribution is 2.58. The Balaban J connectivity index is 1.14. The minimum Gasteiger partial charge on any atom is -0.310 e. The first-order chi connectivity index (χ1) is 28.3. The summed E-state index contributed by atoms with van der Waals surface area (Å²) < 4.78 is 2.59. The molecule has 2 heteroatoms. The zero-order chi connectivity index (χ0) is 37.8. The van der Waals surface area contributed by atoms with E-state index in [1.165, 1.54) is 75.8 Å². The Hall–Kier alpha value is -7.00. The van der Waals surface area contributed by atoms with Crippen LogP contribution in [-0.4, -0.2) is 0 Å². The third-order valence-electron chi connectivity index (χ3n) is 11.7. The van der Waals surface area contributed by atoms with Crippen LogP contribution in [0.2, 0.25) is 0 Å². The molecular weight excluding hydrogens is 707 g/mol. The van der Waals surface area contributed by atoms with E-state index in [0.717, 1.165) is 17.1 Å². The molecule has 1 nitrogen and oxygen atoms in total. The van der Waals surface area contributed by atoms with Gasteiger partial charge >= 0.3 is 0 Å². The van der Waals surface area contributed by atoms with Crippen LogP contribution in [0.25, 0.3) is 53.6 Å². The molecule has 1 aromatic heterocycles. The van der Waals surface area contributed by atoms with Crippen molar-refractivity contribution in [1.29, 1.82) is 0 Å². The predicted octanol–water partition coefficient (Wildman–Crippen LogP) is 15.2. The van der Waals surface area contributed by atoms with Crippen molar-refractivity contribution in [2.24, 2.45) is 0 Å². The molecule has 0 unspecified atom stereocenters. The van der Waals surface area contributed by atoms with E-state index in [4.69, 9.17) is 0 Å². The van der Waals surface area contributed by atoms with Gasteiger partial charge in [-0.2, -0.15) is 0 Å². The molecule has 1 aliphatic carbocycles. The summed E-state index contributed by atoms with van der Waals surface area (Å²) in [5.41, 5.74) is 15.6. The van der Waals surface area contributed by atoms with Crippen molar-refractivity contribution in [2.45, 2.75) is 5.41 Å². The van der Waals surface area contributed by atoms with Gasteiger partial charge in [0.05, 0.1) is 5.41 Å². The van der Waals surface area contributed by atoms with Crippen LogP contribution in [0.4, 0.5) is 17.1 Å². The second kappa shape index (κ2) is 13.6. The van der Waals surface area contributed by atoms with E-state index in [1.54, 1.807) is 0 Å². The zero-order valence-electron chi connectivity index (χ0n) is 31.2. The number of rotatable bonds is 7. The largest absolute Gasteiger partial charge is 0.310 e. The Morgan fingerprint density at radius 2 is 0.860 bits per heavy atom. The Bertz CT molecular complexity index is 2950. The van der Waals surface area contributed by atoms with Crippen LogP contribution < -0.4 is 4.90 Å². The number of para-hydroxylation sites is 1. The maximum atomic E-state index is 2.42. The van der Waals surface area contributed by atoms with Gasteiger partial charge in [0.1, 0.15) is 0 Å². The Morgan fingerprint density at radius 3 is 1.47 bits per heavy atom. The summed E-state index contributed by atoms with van der Waals surface area (Å²) in [7, 11) is 0. The maximum Gasteiger partial charge on any atom is 0.0727 e. The fraction of sp³-hybridized carbons (Fsp3) is 0.0182. The van der Waals surface area contributed by atoms with Gasteiger partial charge < -0.3 is 4.90 Å². The molecule has 1 heterocycles. The first kappa shape index (κ1) is 33.3. The van der Waals surface area contributed by atoms with Gasteiger partial charge in [0.25, 0.3) is 0 Å². The summed E-state index contributed by atoms with van der Waals surface area (Å²) in [6.07, 6.45) is 0. The van der Waals surface area contributed by atoms with Crippen LogP contribution >= 0.6 is 11.3 Å². The van der Waals surface area contributed by atoms with Crippen molar-refractivity contribution >= 4 is 48.6 Å². The molecule has 0 saturated heterocycles. The number of thiophene rings is 1. The lowest BCUT2D eigenvalue weighted by molar-refractivity contribution is 0.778. The van der Waals surface area contributed by atoms with E-state index < -0.39 is 5.41 Å². The maximum absolute atomic E-state index is 2.42. The minimum atomic E-state index is -0.459. The average Bonchev–Trinajstić information content (AvgIpc) is 3.81. The van der Waals surface area contributed by atoms with Crippen LogP contribution in [-0.2, 0) is 5.41 Å². The van der Waals surface area contributed by atoms with E-state index in [2.05, 4.69) is 229 Å². The molecule has 1 aliphatic rings. The Kier molecular flexibility index (Phi) is 7.98. The minimum absolute atomic E-state index is 0.459. The highest BCUT2D eigenvalue weighted by molar-refractivity contribution is 7.26. The fourth-order valence-electron chi connectivity index (χ4n) is 9.26. The van der Waals surface area contributed by atoms with E-state index in [1.807, 2.05) is 11.3 Å². The zero-order valence-corrected chi connectivity index (χ0v) is 32.0. The lowest BCUT2D eigenvalue weighted by Gasteiger charge is -2.34.